The molecular weight excluding hydrogens is 532 g/mol. The number of aromatic nitrogens is 2. The average molecular weight is 567 g/mol. The van der Waals surface area contributed by atoms with Gasteiger partial charge in [0.2, 0.25) is 5.91 Å². The van der Waals surface area contributed by atoms with Gasteiger partial charge in [-0.3, -0.25) is 9.59 Å². The van der Waals surface area contributed by atoms with Gasteiger partial charge in [-0.2, -0.15) is 0 Å². The van der Waals surface area contributed by atoms with Crippen molar-refractivity contribution in [3.8, 4) is 23.0 Å². The third-order valence-corrected chi connectivity index (χ3v) is 7.85. The number of imidazole rings is 1. The largest absolute Gasteiger partial charge is 0.507 e. The van der Waals surface area contributed by atoms with Gasteiger partial charge in [0.05, 0.1) is 18.2 Å². The van der Waals surface area contributed by atoms with Crippen LogP contribution in [0.5, 0.6) is 23.0 Å². The van der Waals surface area contributed by atoms with Crippen LogP contribution in [0.1, 0.15) is 58.7 Å². The number of carbonyl (C=O) groups excluding carboxylic acids is 2. The van der Waals surface area contributed by atoms with Crippen LogP contribution in [-0.2, 0) is 24.2 Å². The maximum Gasteiger partial charge on any atom is 0.255 e. The minimum absolute atomic E-state index is 0.0857. The number of phenols is 1. The Labute approximate surface area is 244 Å². The van der Waals surface area contributed by atoms with E-state index in [1.807, 2.05) is 53.6 Å². The first-order valence-corrected chi connectivity index (χ1v) is 14.4. The van der Waals surface area contributed by atoms with Crippen molar-refractivity contribution in [3.05, 3.63) is 101 Å². The van der Waals surface area contributed by atoms with Crippen LogP contribution in [0.25, 0.3) is 0 Å². The highest BCUT2D eigenvalue weighted by Crippen LogP contribution is 2.39. The lowest BCUT2D eigenvalue weighted by Gasteiger charge is -2.38. The molecule has 3 aliphatic rings. The quantitative estimate of drug-likeness (QED) is 0.359. The van der Waals surface area contributed by atoms with E-state index in [0.29, 0.717) is 62.8 Å². The molecule has 216 valence electrons. The van der Waals surface area contributed by atoms with Gasteiger partial charge < -0.3 is 29.4 Å². The number of amides is 2. The number of benzene rings is 3. The molecule has 9 nitrogen and oxygen atoms in total. The maximum absolute atomic E-state index is 13.8. The second-order valence-corrected chi connectivity index (χ2v) is 10.6. The van der Waals surface area contributed by atoms with Crippen molar-refractivity contribution in [1.29, 1.82) is 0 Å². The van der Waals surface area contributed by atoms with E-state index in [1.54, 1.807) is 18.3 Å². The van der Waals surface area contributed by atoms with Crippen molar-refractivity contribution >= 4 is 11.8 Å². The molecular formula is C33H34N4O5. The molecule has 0 aliphatic carbocycles. The van der Waals surface area contributed by atoms with Gasteiger partial charge in [0.1, 0.15) is 28.8 Å². The number of fused-ring (bicyclic) bond motifs is 6. The number of hydrogen-bond acceptors (Lipinski definition) is 6. The Hall–Kier alpha value is -4.79. The number of aryl methyl sites for hydroxylation is 2. The third-order valence-electron chi connectivity index (χ3n) is 7.85. The van der Waals surface area contributed by atoms with Gasteiger partial charge in [0, 0.05) is 44.9 Å². The van der Waals surface area contributed by atoms with Crippen molar-refractivity contribution < 1.29 is 24.2 Å². The predicted octanol–water partition coefficient (Wildman–Crippen LogP) is 5.02. The second kappa shape index (κ2) is 12.0. The third kappa shape index (κ3) is 5.68. The summed E-state index contributed by atoms with van der Waals surface area (Å²) in [7, 11) is 0. The number of nitrogens with one attached hydrogen (secondary N) is 1. The molecule has 7 rings (SSSR count). The van der Waals surface area contributed by atoms with E-state index < -0.39 is 0 Å². The molecule has 0 spiro atoms. The number of ether oxygens (including phenoxy) is 2. The molecule has 4 aromatic rings. The maximum atomic E-state index is 13.8. The highest BCUT2D eigenvalue weighted by Gasteiger charge is 2.32. The zero-order valence-corrected chi connectivity index (χ0v) is 23.6. The monoisotopic (exact) mass is 566 g/mol. The second-order valence-electron chi connectivity index (χ2n) is 10.6. The minimum Gasteiger partial charge on any atom is -0.507 e. The number of hydrogen-bond donors (Lipinski definition) is 2. The van der Waals surface area contributed by atoms with E-state index >= 15 is 0 Å². The van der Waals surface area contributed by atoms with Crippen molar-refractivity contribution in [3.63, 3.8) is 0 Å². The van der Waals surface area contributed by atoms with Crippen LogP contribution in [0, 0.1) is 0 Å². The number of carbonyl (C=O) groups is 2. The van der Waals surface area contributed by atoms with Crippen LogP contribution in [0.2, 0.25) is 0 Å². The molecule has 0 fully saturated rings. The SMILES string of the molecule is CCc1nccn1CCC(=O)N1CCc2cc3ccc2C1c1cccc(c1)OCCCNC(=O)c1cc(ccc1O)O3. The molecule has 1 unspecified atom stereocenters. The summed E-state index contributed by atoms with van der Waals surface area (Å²) in [5.41, 5.74) is 3.26. The van der Waals surface area contributed by atoms with Crippen molar-refractivity contribution in [2.75, 3.05) is 19.7 Å². The molecule has 2 amide bonds. The Morgan fingerprint density at radius 2 is 1.95 bits per heavy atom. The Kier molecular flexibility index (Phi) is 7.81. The first-order chi connectivity index (χ1) is 20.5. The Balaban J connectivity index is 1.35. The molecule has 4 heterocycles. The molecule has 1 atom stereocenters. The van der Waals surface area contributed by atoms with Crippen LogP contribution in [0.4, 0.5) is 0 Å². The summed E-state index contributed by atoms with van der Waals surface area (Å²) in [4.78, 5) is 32.9. The first-order valence-electron chi connectivity index (χ1n) is 14.4. The fourth-order valence-electron chi connectivity index (χ4n) is 5.74. The predicted molar refractivity (Wildman–Crippen MR) is 157 cm³/mol. The van der Waals surface area contributed by atoms with Crippen molar-refractivity contribution in [2.45, 2.75) is 45.2 Å². The normalized spacial score (nSPS) is 16.5. The number of phenolic OH excluding ortho intramolecular Hbond substituents is 1. The molecule has 9 heteroatoms. The van der Waals surface area contributed by atoms with Gasteiger partial charge in [-0.1, -0.05) is 25.1 Å². The van der Waals surface area contributed by atoms with E-state index in [0.717, 1.165) is 28.9 Å². The average Bonchev–Trinajstić information content (AvgIpc) is 3.47. The molecule has 0 saturated heterocycles. The van der Waals surface area contributed by atoms with Crippen LogP contribution >= 0.6 is 0 Å². The zero-order valence-electron chi connectivity index (χ0n) is 23.6. The Morgan fingerprint density at radius 1 is 1.10 bits per heavy atom. The van der Waals surface area contributed by atoms with Gasteiger partial charge >= 0.3 is 0 Å². The van der Waals surface area contributed by atoms with Gasteiger partial charge in [-0.15, -0.1) is 0 Å². The highest BCUT2D eigenvalue weighted by molar-refractivity contribution is 5.97. The van der Waals surface area contributed by atoms with Gasteiger partial charge in [-0.25, -0.2) is 4.98 Å². The van der Waals surface area contributed by atoms with Crippen LogP contribution in [0.3, 0.4) is 0 Å². The zero-order chi connectivity index (χ0) is 29.1. The van der Waals surface area contributed by atoms with E-state index in [9.17, 15) is 14.7 Å². The van der Waals surface area contributed by atoms with Gasteiger partial charge in [0.15, 0.2) is 0 Å². The summed E-state index contributed by atoms with van der Waals surface area (Å²) in [5.74, 6) is 2.34. The van der Waals surface area contributed by atoms with Crippen molar-refractivity contribution in [2.24, 2.45) is 0 Å². The van der Waals surface area contributed by atoms with E-state index in [4.69, 9.17) is 9.47 Å². The lowest BCUT2D eigenvalue weighted by molar-refractivity contribution is -0.133. The molecule has 42 heavy (non-hydrogen) atoms. The molecule has 0 radical (unpaired) electrons. The summed E-state index contributed by atoms with van der Waals surface area (Å²) < 4.78 is 14.2. The van der Waals surface area contributed by atoms with Crippen LogP contribution < -0.4 is 14.8 Å². The fourth-order valence-corrected chi connectivity index (χ4v) is 5.74. The molecule has 2 N–H and O–H groups in total. The Bertz CT molecular complexity index is 1610. The minimum atomic E-state index is -0.377. The Morgan fingerprint density at radius 3 is 2.83 bits per heavy atom. The summed E-state index contributed by atoms with van der Waals surface area (Å²) in [6, 6.07) is 18.2. The highest BCUT2D eigenvalue weighted by atomic mass is 16.5. The van der Waals surface area contributed by atoms with Gasteiger partial charge in [0.25, 0.3) is 5.91 Å². The molecule has 0 saturated carbocycles. The summed E-state index contributed by atoms with van der Waals surface area (Å²) in [6.07, 6.45) is 6.17. The lowest BCUT2D eigenvalue weighted by atomic mass is 9.87. The molecule has 1 aromatic heterocycles. The topological polar surface area (TPSA) is 106 Å². The van der Waals surface area contributed by atoms with Crippen LogP contribution in [-0.4, -0.2) is 51.1 Å². The smallest absolute Gasteiger partial charge is 0.255 e. The van der Waals surface area contributed by atoms with E-state index in [2.05, 4.69) is 21.8 Å². The van der Waals surface area contributed by atoms with Crippen molar-refractivity contribution in [1.82, 2.24) is 19.8 Å². The number of aromatic hydroxyl groups is 1. The molecule has 3 aliphatic heterocycles. The summed E-state index contributed by atoms with van der Waals surface area (Å²) in [5, 5.41) is 13.1. The summed E-state index contributed by atoms with van der Waals surface area (Å²) in [6.45, 7) is 4.00. The molecule has 3 aromatic carbocycles. The lowest BCUT2D eigenvalue weighted by Crippen LogP contribution is -2.41. The van der Waals surface area contributed by atoms with E-state index in [1.165, 1.54) is 6.07 Å². The fraction of sp³-hybridized carbons (Fsp3) is 0.303. The summed E-state index contributed by atoms with van der Waals surface area (Å²) >= 11 is 0. The number of nitrogens with zero attached hydrogens (tertiary/aromatic N) is 3. The van der Waals surface area contributed by atoms with Crippen LogP contribution in [0.15, 0.2) is 73.1 Å². The first kappa shape index (κ1) is 27.4. The molecule has 8 bridgehead atoms. The number of rotatable bonds is 4. The van der Waals surface area contributed by atoms with E-state index in [-0.39, 0.29) is 29.2 Å². The standard InChI is InChI=1S/C33H34N4O5/c1-2-30-34-14-17-36(30)15-12-31(39)37-16-11-22-19-25-7-9-27(22)32(37)23-5-3-6-24(20-23)41-18-4-13-35-33(40)28-21-26(42-25)8-10-29(28)38/h3,5-10,14,17,19-21,32,38H,2,4,11-13,15-16,18H2,1H3,(H,35,40). The van der Waals surface area contributed by atoms with Gasteiger partial charge in [-0.05, 0) is 72.0 Å².